The van der Waals surface area contributed by atoms with E-state index < -0.39 is 17.8 Å². The summed E-state index contributed by atoms with van der Waals surface area (Å²) in [6, 6.07) is 19.9. The number of fused-ring (bicyclic) bond motifs is 2. The summed E-state index contributed by atoms with van der Waals surface area (Å²) < 4.78 is 0. The number of hydrogen-bond acceptors (Lipinski definition) is 5. The van der Waals surface area contributed by atoms with E-state index in [2.05, 4.69) is 60.5 Å². The molecule has 2 aliphatic heterocycles. The van der Waals surface area contributed by atoms with Crippen LogP contribution in [0.5, 0.6) is 0 Å². The Morgan fingerprint density at radius 1 is 0.875 bits per heavy atom. The van der Waals surface area contributed by atoms with Crippen LogP contribution in [0.15, 0.2) is 66.2 Å². The fraction of sp³-hybridized carbons (Fsp3) is 0.160. The number of thiophene rings is 1. The van der Waals surface area contributed by atoms with E-state index in [0.29, 0.717) is 0 Å². The number of carbonyl (C=O) groups excluding carboxylic acids is 3. The normalized spacial score (nSPS) is 18.5. The Labute approximate surface area is 189 Å². The molecule has 1 N–H and O–H groups in total. The minimum absolute atomic E-state index is 0.0546. The van der Waals surface area contributed by atoms with Crippen molar-refractivity contribution in [1.82, 2.24) is 10.2 Å². The average Bonchev–Trinajstić information content (AvgIpc) is 3.24. The smallest absolute Gasteiger partial charge is 0.301 e. The third kappa shape index (κ3) is 2.97. The molecule has 6 nitrogen and oxygen atoms in total. The molecule has 1 saturated heterocycles. The zero-order valence-electron chi connectivity index (χ0n) is 17.9. The molecule has 0 spiro atoms. The highest BCUT2D eigenvalue weighted by Gasteiger charge is 2.37. The van der Waals surface area contributed by atoms with Gasteiger partial charge in [-0.05, 0) is 41.5 Å². The van der Waals surface area contributed by atoms with Crippen LogP contribution in [0.25, 0.3) is 6.08 Å². The van der Waals surface area contributed by atoms with Crippen LogP contribution >= 0.6 is 11.3 Å². The van der Waals surface area contributed by atoms with Crippen molar-refractivity contribution in [3.63, 3.8) is 0 Å². The molecule has 0 radical (unpaired) electrons. The van der Waals surface area contributed by atoms with Gasteiger partial charge in [-0.15, -0.1) is 11.3 Å². The number of hydrogen-bond donors (Lipinski definition) is 1. The number of likely N-dealkylation sites (N-methyl/N-ethyl adjacent to an activating group) is 1. The predicted molar refractivity (Wildman–Crippen MR) is 125 cm³/mol. The van der Waals surface area contributed by atoms with Crippen LogP contribution in [0.4, 0.5) is 21.2 Å². The molecule has 5 rings (SSSR count). The number of para-hydroxylation sites is 2. The third-order valence-electron chi connectivity index (χ3n) is 6.06. The SMILES string of the molecule is CN1C(=O)NC(=O)/C(=C\c2ccc(N3c4ccccc4C(C)(C)c4ccccc43)s2)C1=O. The van der Waals surface area contributed by atoms with Gasteiger partial charge in [0.25, 0.3) is 11.8 Å². The number of nitrogens with one attached hydrogen (secondary N) is 1. The molecule has 0 atom stereocenters. The van der Waals surface area contributed by atoms with Crippen LogP contribution < -0.4 is 10.2 Å². The standard InChI is InChI=1S/C25H21N3O3S/c1-25(2)17-8-4-6-10-19(17)28(20-11-7-5-9-18(20)25)21-13-12-15(32-21)14-16-22(29)26-24(31)27(3)23(16)30/h4-14H,1-3H3,(H,26,29,31)/b16-14+. The van der Waals surface area contributed by atoms with Crippen molar-refractivity contribution in [1.29, 1.82) is 0 Å². The van der Waals surface area contributed by atoms with Gasteiger partial charge in [-0.3, -0.25) is 19.8 Å². The topological polar surface area (TPSA) is 69.7 Å². The van der Waals surface area contributed by atoms with Gasteiger partial charge in [0.15, 0.2) is 0 Å². The molecule has 0 aliphatic carbocycles. The van der Waals surface area contributed by atoms with Gasteiger partial charge in [0.1, 0.15) is 10.6 Å². The number of rotatable bonds is 2. The number of imide groups is 2. The maximum Gasteiger partial charge on any atom is 0.331 e. The molecule has 3 aromatic rings. The second-order valence-corrected chi connectivity index (χ2v) is 9.45. The van der Waals surface area contributed by atoms with Crippen molar-refractivity contribution in [3.05, 3.63) is 82.2 Å². The first-order chi connectivity index (χ1) is 15.3. The molecule has 32 heavy (non-hydrogen) atoms. The zero-order valence-corrected chi connectivity index (χ0v) is 18.7. The van der Waals surface area contributed by atoms with Crippen LogP contribution in [0, 0.1) is 0 Å². The van der Waals surface area contributed by atoms with Crippen LogP contribution in [0.3, 0.4) is 0 Å². The monoisotopic (exact) mass is 443 g/mol. The second-order valence-electron chi connectivity index (χ2n) is 8.35. The van der Waals surface area contributed by atoms with E-state index in [-0.39, 0.29) is 11.0 Å². The summed E-state index contributed by atoms with van der Waals surface area (Å²) in [5, 5.41) is 3.16. The van der Waals surface area contributed by atoms with Crippen LogP contribution in [-0.4, -0.2) is 29.8 Å². The molecule has 2 aliphatic rings. The lowest BCUT2D eigenvalue weighted by molar-refractivity contribution is -0.129. The first kappa shape index (κ1) is 20.2. The molecule has 0 bridgehead atoms. The zero-order chi connectivity index (χ0) is 22.6. The maximum absolute atomic E-state index is 12.4. The lowest BCUT2D eigenvalue weighted by atomic mass is 9.74. The Bertz CT molecular complexity index is 1270. The molecular formula is C25H21N3O3S. The van der Waals surface area contributed by atoms with Gasteiger partial charge in [-0.2, -0.15) is 0 Å². The number of amides is 4. The summed E-state index contributed by atoms with van der Waals surface area (Å²) in [7, 11) is 1.35. The van der Waals surface area contributed by atoms with E-state index in [1.807, 2.05) is 24.3 Å². The Morgan fingerprint density at radius 2 is 1.47 bits per heavy atom. The van der Waals surface area contributed by atoms with Crippen molar-refractivity contribution in [2.45, 2.75) is 19.3 Å². The number of anilines is 3. The number of urea groups is 1. The Balaban J connectivity index is 1.60. The molecular weight excluding hydrogens is 422 g/mol. The van der Waals surface area contributed by atoms with Crippen molar-refractivity contribution >= 4 is 51.6 Å². The summed E-state index contributed by atoms with van der Waals surface area (Å²) in [6.07, 6.45) is 1.54. The van der Waals surface area contributed by atoms with E-state index in [0.717, 1.165) is 26.2 Å². The fourth-order valence-electron chi connectivity index (χ4n) is 4.33. The van der Waals surface area contributed by atoms with Gasteiger partial charge < -0.3 is 4.90 Å². The number of carbonyl (C=O) groups is 3. The average molecular weight is 444 g/mol. The molecule has 4 amide bonds. The Hall–Kier alpha value is -3.71. The molecule has 0 saturated carbocycles. The van der Waals surface area contributed by atoms with Gasteiger partial charge in [0.05, 0.1) is 11.4 Å². The Morgan fingerprint density at radius 3 is 2.09 bits per heavy atom. The van der Waals surface area contributed by atoms with Gasteiger partial charge in [0, 0.05) is 17.3 Å². The summed E-state index contributed by atoms with van der Waals surface area (Å²) >= 11 is 1.48. The van der Waals surface area contributed by atoms with Gasteiger partial charge in [0.2, 0.25) is 0 Å². The highest BCUT2D eigenvalue weighted by molar-refractivity contribution is 7.17. The summed E-state index contributed by atoms with van der Waals surface area (Å²) in [5.74, 6) is -1.28. The number of barbiturate groups is 1. The van der Waals surface area contributed by atoms with E-state index in [4.69, 9.17) is 0 Å². The number of nitrogens with zero attached hydrogens (tertiary/aromatic N) is 2. The second kappa shape index (κ2) is 7.17. The molecule has 3 heterocycles. The van der Waals surface area contributed by atoms with E-state index in [9.17, 15) is 14.4 Å². The summed E-state index contributed by atoms with van der Waals surface area (Å²) in [6.45, 7) is 4.47. The lowest BCUT2D eigenvalue weighted by Crippen LogP contribution is -2.52. The largest absolute Gasteiger partial charge is 0.331 e. The lowest BCUT2D eigenvalue weighted by Gasteiger charge is -2.41. The minimum Gasteiger partial charge on any atom is -0.301 e. The molecule has 160 valence electrons. The minimum atomic E-state index is -0.715. The van der Waals surface area contributed by atoms with Crippen molar-refractivity contribution < 1.29 is 14.4 Å². The number of benzene rings is 2. The molecule has 2 aromatic carbocycles. The van der Waals surface area contributed by atoms with Crippen LogP contribution in [0.1, 0.15) is 29.9 Å². The van der Waals surface area contributed by atoms with Gasteiger partial charge in [-0.1, -0.05) is 50.2 Å². The van der Waals surface area contributed by atoms with Gasteiger partial charge >= 0.3 is 6.03 Å². The van der Waals surface area contributed by atoms with Crippen LogP contribution in [-0.2, 0) is 15.0 Å². The summed E-state index contributed by atoms with van der Waals surface area (Å²) in [5.41, 5.74) is 4.47. The molecule has 7 heteroatoms. The quantitative estimate of drug-likeness (QED) is 0.450. The fourth-order valence-corrected chi connectivity index (χ4v) is 5.31. The molecule has 0 unspecified atom stereocenters. The third-order valence-corrected chi connectivity index (χ3v) is 7.08. The van der Waals surface area contributed by atoms with E-state index in [1.165, 1.54) is 29.5 Å². The first-order valence-electron chi connectivity index (χ1n) is 10.2. The van der Waals surface area contributed by atoms with Crippen molar-refractivity contribution in [2.24, 2.45) is 0 Å². The van der Waals surface area contributed by atoms with Crippen molar-refractivity contribution in [3.8, 4) is 0 Å². The first-order valence-corrected chi connectivity index (χ1v) is 11.0. The van der Waals surface area contributed by atoms with Crippen molar-refractivity contribution in [2.75, 3.05) is 11.9 Å². The summed E-state index contributed by atoms with van der Waals surface area (Å²) in [4.78, 5) is 40.2. The molecule has 1 fully saturated rings. The Kier molecular flexibility index (Phi) is 4.53. The van der Waals surface area contributed by atoms with E-state index in [1.54, 1.807) is 6.08 Å². The van der Waals surface area contributed by atoms with E-state index >= 15 is 0 Å². The highest BCUT2D eigenvalue weighted by atomic mass is 32.1. The maximum atomic E-state index is 12.4. The predicted octanol–water partition coefficient (Wildman–Crippen LogP) is 4.95. The molecule has 1 aromatic heterocycles. The highest BCUT2D eigenvalue weighted by Crippen LogP contribution is 2.52. The van der Waals surface area contributed by atoms with Crippen LogP contribution in [0.2, 0.25) is 0 Å². The van der Waals surface area contributed by atoms with Gasteiger partial charge in [-0.25, -0.2) is 4.79 Å².